The first kappa shape index (κ1) is 11.4. The third-order valence-corrected chi connectivity index (χ3v) is 2.77. The van der Waals surface area contributed by atoms with Crippen LogP contribution in [0.2, 0.25) is 0 Å². The van der Waals surface area contributed by atoms with E-state index in [0.717, 1.165) is 0 Å². The first-order valence-corrected chi connectivity index (χ1v) is 5.02. The molecule has 1 aromatic carbocycles. The van der Waals surface area contributed by atoms with Gasteiger partial charge in [-0.1, -0.05) is 6.07 Å². The van der Waals surface area contributed by atoms with Gasteiger partial charge in [0.1, 0.15) is 0 Å². The van der Waals surface area contributed by atoms with Gasteiger partial charge in [0.2, 0.25) is 0 Å². The maximum Gasteiger partial charge on any atom is 0.282 e. The summed E-state index contributed by atoms with van der Waals surface area (Å²) in [6.07, 6.45) is 0. The molecule has 1 radical (unpaired) electrons. The summed E-state index contributed by atoms with van der Waals surface area (Å²) in [5, 5.41) is 19.5. The smallest absolute Gasteiger partial charge is 0.282 e. The minimum absolute atomic E-state index is 0.0604. The summed E-state index contributed by atoms with van der Waals surface area (Å²) in [5.41, 5.74) is 0.741. The van der Waals surface area contributed by atoms with E-state index in [1.807, 2.05) is 22.6 Å². The lowest BCUT2D eigenvalue weighted by Gasteiger charge is -2.07. The summed E-state index contributed by atoms with van der Waals surface area (Å²) in [6, 6.07) is 4.85. The van der Waals surface area contributed by atoms with Crippen LogP contribution < -0.4 is 0 Å². The predicted molar refractivity (Wildman–Crippen MR) is 61.0 cm³/mol. The Morgan fingerprint density at radius 3 is 2.79 bits per heavy atom. The Kier molecular flexibility index (Phi) is 3.82. The third kappa shape index (κ3) is 2.42. The topological polar surface area (TPSA) is 63.4 Å². The summed E-state index contributed by atoms with van der Waals surface area (Å²) in [6.45, 7) is 3.57. The van der Waals surface area contributed by atoms with E-state index < -0.39 is 4.92 Å². The lowest BCUT2D eigenvalue weighted by atomic mass is 10.0. The summed E-state index contributed by atoms with van der Waals surface area (Å²) in [7, 11) is 0. The summed E-state index contributed by atoms with van der Waals surface area (Å²) < 4.78 is 0.585. The Hall–Kier alpha value is -0.690. The molecule has 0 aliphatic rings. The molecule has 0 spiro atoms. The lowest BCUT2D eigenvalue weighted by Crippen LogP contribution is -2.01. The molecule has 0 aliphatic heterocycles. The SMILES string of the molecule is [CH2]C(CO)c1ccc(I)c([N+](=O)[O-])c1. The van der Waals surface area contributed by atoms with E-state index in [4.69, 9.17) is 5.11 Å². The minimum atomic E-state index is -0.435. The van der Waals surface area contributed by atoms with Crippen LogP contribution in [0.15, 0.2) is 18.2 Å². The normalized spacial score (nSPS) is 12.5. The monoisotopic (exact) mass is 306 g/mol. The first-order valence-electron chi connectivity index (χ1n) is 3.94. The van der Waals surface area contributed by atoms with E-state index in [0.29, 0.717) is 9.13 Å². The van der Waals surface area contributed by atoms with Crippen LogP contribution in [0.4, 0.5) is 5.69 Å². The molecule has 0 aliphatic carbocycles. The second-order valence-corrected chi connectivity index (χ2v) is 4.01. The van der Waals surface area contributed by atoms with Crippen LogP contribution in [0.5, 0.6) is 0 Å². The molecule has 0 saturated heterocycles. The summed E-state index contributed by atoms with van der Waals surface area (Å²) in [5.74, 6) is -0.314. The molecule has 1 aromatic rings. The standard InChI is InChI=1S/C9H9INO3/c1-6(5-12)7-2-3-8(10)9(4-7)11(13)14/h2-4,6,12H,1,5H2. The van der Waals surface area contributed by atoms with Gasteiger partial charge in [0, 0.05) is 18.6 Å². The number of halogens is 1. The molecule has 1 atom stereocenters. The van der Waals surface area contributed by atoms with Crippen molar-refractivity contribution in [2.45, 2.75) is 5.92 Å². The average molecular weight is 306 g/mol. The van der Waals surface area contributed by atoms with E-state index in [9.17, 15) is 10.1 Å². The van der Waals surface area contributed by atoms with Crippen molar-refractivity contribution >= 4 is 28.3 Å². The number of hydrogen-bond acceptors (Lipinski definition) is 3. The van der Waals surface area contributed by atoms with Crippen molar-refractivity contribution in [2.75, 3.05) is 6.61 Å². The fourth-order valence-corrected chi connectivity index (χ4v) is 1.56. The molecule has 0 heterocycles. The second-order valence-electron chi connectivity index (χ2n) is 2.85. The molecule has 1 rings (SSSR count). The van der Waals surface area contributed by atoms with Crippen molar-refractivity contribution in [1.29, 1.82) is 0 Å². The van der Waals surface area contributed by atoms with Gasteiger partial charge in [-0.15, -0.1) is 0 Å². The number of hydrogen-bond donors (Lipinski definition) is 1. The fraction of sp³-hybridized carbons (Fsp3) is 0.222. The van der Waals surface area contributed by atoms with Crippen molar-refractivity contribution in [3.63, 3.8) is 0 Å². The van der Waals surface area contributed by atoms with Crippen molar-refractivity contribution < 1.29 is 10.0 Å². The molecular weight excluding hydrogens is 297 g/mol. The number of aliphatic hydroxyl groups is 1. The molecule has 1 unspecified atom stereocenters. The second kappa shape index (κ2) is 4.70. The molecule has 1 N–H and O–H groups in total. The van der Waals surface area contributed by atoms with Gasteiger partial charge >= 0.3 is 0 Å². The average Bonchev–Trinajstić information content (AvgIpc) is 2.17. The highest BCUT2D eigenvalue weighted by Gasteiger charge is 2.14. The molecular formula is C9H9INO3. The summed E-state index contributed by atoms with van der Waals surface area (Å²) >= 11 is 1.90. The molecule has 0 saturated carbocycles. The minimum Gasteiger partial charge on any atom is -0.396 e. The van der Waals surface area contributed by atoms with Crippen LogP contribution >= 0.6 is 22.6 Å². The van der Waals surface area contributed by atoms with Gasteiger partial charge in [0.05, 0.1) is 8.49 Å². The summed E-state index contributed by atoms with van der Waals surface area (Å²) in [4.78, 5) is 10.2. The first-order chi connectivity index (χ1) is 6.56. The quantitative estimate of drug-likeness (QED) is 0.528. The number of benzene rings is 1. The van der Waals surface area contributed by atoms with Crippen LogP contribution in [0.3, 0.4) is 0 Å². The van der Waals surface area contributed by atoms with Gasteiger partial charge in [0.15, 0.2) is 0 Å². The molecule has 0 aromatic heterocycles. The molecule has 75 valence electrons. The molecule has 14 heavy (non-hydrogen) atoms. The predicted octanol–water partition coefficient (Wildman–Crippen LogP) is 2.11. The van der Waals surface area contributed by atoms with Gasteiger partial charge in [0.25, 0.3) is 5.69 Å². The van der Waals surface area contributed by atoms with Gasteiger partial charge in [-0.2, -0.15) is 0 Å². The van der Waals surface area contributed by atoms with Gasteiger partial charge in [-0.05, 0) is 41.1 Å². The van der Waals surface area contributed by atoms with E-state index in [2.05, 4.69) is 6.92 Å². The highest BCUT2D eigenvalue weighted by atomic mass is 127. The number of rotatable bonds is 3. The Morgan fingerprint density at radius 1 is 1.64 bits per heavy atom. The largest absolute Gasteiger partial charge is 0.396 e. The zero-order valence-corrected chi connectivity index (χ0v) is 9.47. The van der Waals surface area contributed by atoms with Crippen LogP contribution in [0.25, 0.3) is 0 Å². The van der Waals surface area contributed by atoms with Crippen molar-refractivity contribution in [2.24, 2.45) is 0 Å². The lowest BCUT2D eigenvalue weighted by molar-refractivity contribution is -0.385. The van der Waals surface area contributed by atoms with Gasteiger partial charge in [-0.25, -0.2) is 0 Å². The highest BCUT2D eigenvalue weighted by molar-refractivity contribution is 14.1. The van der Waals surface area contributed by atoms with E-state index in [1.54, 1.807) is 12.1 Å². The highest BCUT2D eigenvalue weighted by Crippen LogP contribution is 2.25. The molecule has 4 nitrogen and oxygen atoms in total. The van der Waals surface area contributed by atoms with Crippen LogP contribution in [0.1, 0.15) is 11.5 Å². The maximum atomic E-state index is 10.6. The Balaban J connectivity index is 3.12. The van der Waals surface area contributed by atoms with Gasteiger partial charge < -0.3 is 5.11 Å². The van der Waals surface area contributed by atoms with Crippen LogP contribution in [-0.2, 0) is 0 Å². The number of nitro groups is 1. The fourth-order valence-electron chi connectivity index (χ4n) is 1.03. The van der Waals surface area contributed by atoms with E-state index >= 15 is 0 Å². The van der Waals surface area contributed by atoms with Crippen molar-refractivity contribution in [3.8, 4) is 0 Å². The zero-order chi connectivity index (χ0) is 10.7. The van der Waals surface area contributed by atoms with E-state index in [1.165, 1.54) is 6.07 Å². The molecule has 0 amide bonds. The molecule has 0 fully saturated rings. The van der Waals surface area contributed by atoms with Gasteiger partial charge in [-0.3, -0.25) is 10.1 Å². The van der Waals surface area contributed by atoms with Crippen LogP contribution in [0, 0.1) is 20.6 Å². The van der Waals surface area contributed by atoms with Crippen molar-refractivity contribution in [1.82, 2.24) is 0 Å². The molecule has 5 heteroatoms. The molecule has 0 bridgehead atoms. The number of aliphatic hydroxyl groups excluding tert-OH is 1. The number of nitro benzene ring substituents is 1. The number of nitrogens with zero attached hydrogens (tertiary/aromatic N) is 1. The Morgan fingerprint density at radius 2 is 2.29 bits per heavy atom. The van der Waals surface area contributed by atoms with Crippen molar-refractivity contribution in [3.05, 3.63) is 44.4 Å². The van der Waals surface area contributed by atoms with E-state index in [-0.39, 0.29) is 18.2 Å². The maximum absolute atomic E-state index is 10.6. The Bertz CT molecular complexity index is 354. The Labute approximate surface area is 95.2 Å². The third-order valence-electron chi connectivity index (χ3n) is 1.86. The zero-order valence-electron chi connectivity index (χ0n) is 7.31. The van der Waals surface area contributed by atoms with Crippen LogP contribution in [-0.4, -0.2) is 16.6 Å².